The second-order valence-electron chi connectivity index (χ2n) is 4.21. The van der Waals surface area contributed by atoms with Gasteiger partial charge in [0.05, 0.1) is 0 Å². The predicted octanol–water partition coefficient (Wildman–Crippen LogP) is 2.64. The molecule has 0 saturated heterocycles. The molecule has 2 N–H and O–H groups in total. The fourth-order valence-corrected chi connectivity index (χ4v) is 1.21. The summed E-state index contributed by atoms with van der Waals surface area (Å²) in [6, 6.07) is 2.89. The van der Waals surface area contributed by atoms with E-state index in [1.54, 1.807) is 0 Å². The van der Waals surface area contributed by atoms with E-state index in [-0.39, 0.29) is 16.3 Å². The first kappa shape index (κ1) is 11.8. The Balaban J connectivity index is 3.13. The molecule has 1 rings (SSSR count). The van der Waals surface area contributed by atoms with Crippen LogP contribution in [-0.2, 0) is 0 Å². The number of nitrogens with one attached hydrogen (secondary N) is 1. The number of aromatic nitrogens is 1. The molecule has 0 amide bonds. The predicted molar refractivity (Wildman–Crippen MR) is 59.6 cm³/mol. The standard InChI is InChI=1S/C10H13ClN2O2/c1-10(2,3)13-8-6(9(14)15)4-5-7(11)12-8/h4-5H,1-3H3,(H,12,13)(H,14,15). The number of carboxylic acid groups (broad SMARTS) is 1. The van der Waals surface area contributed by atoms with Gasteiger partial charge in [0.25, 0.3) is 0 Å². The lowest BCUT2D eigenvalue weighted by Crippen LogP contribution is -2.28. The third kappa shape index (κ3) is 3.40. The second-order valence-corrected chi connectivity index (χ2v) is 4.60. The Morgan fingerprint density at radius 3 is 2.53 bits per heavy atom. The van der Waals surface area contributed by atoms with E-state index < -0.39 is 5.97 Å². The number of carboxylic acids is 1. The van der Waals surface area contributed by atoms with Crippen LogP contribution in [0.1, 0.15) is 31.1 Å². The summed E-state index contributed by atoms with van der Waals surface area (Å²) in [7, 11) is 0. The van der Waals surface area contributed by atoms with Crippen molar-refractivity contribution in [3.8, 4) is 0 Å². The van der Waals surface area contributed by atoms with Gasteiger partial charge in [0.1, 0.15) is 16.5 Å². The third-order valence-corrected chi connectivity index (χ3v) is 1.80. The van der Waals surface area contributed by atoms with Crippen LogP contribution in [-0.4, -0.2) is 21.6 Å². The number of rotatable bonds is 2. The first-order valence-corrected chi connectivity index (χ1v) is 4.85. The molecule has 0 bridgehead atoms. The number of aromatic carboxylic acids is 1. The van der Waals surface area contributed by atoms with Crippen molar-refractivity contribution < 1.29 is 9.90 Å². The summed E-state index contributed by atoms with van der Waals surface area (Å²) in [5.74, 6) is -0.728. The molecule has 4 nitrogen and oxygen atoms in total. The molecule has 0 radical (unpaired) electrons. The van der Waals surface area contributed by atoms with E-state index in [4.69, 9.17) is 16.7 Å². The summed E-state index contributed by atoms with van der Waals surface area (Å²) in [6.45, 7) is 5.75. The zero-order valence-electron chi connectivity index (χ0n) is 8.84. The number of nitrogens with zero attached hydrogens (tertiary/aromatic N) is 1. The molecule has 82 valence electrons. The van der Waals surface area contributed by atoms with Gasteiger partial charge in [-0.3, -0.25) is 0 Å². The van der Waals surface area contributed by atoms with E-state index in [1.165, 1.54) is 12.1 Å². The fourth-order valence-electron chi connectivity index (χ4n) is 1.06. The molecule has 0 atom stereocenters. The van der Waals surface area contributed by atoms with Crippen molar-refractivity contribution in [2.45, 2.75) is 26.3 Å². The second kappa shape index (κ2) is 4.06. The Labute approximate surface area is 93.3 Å². The van der Waals surface area contributed by atoms with Gasteiger partial charge in [-0.15, -0.1) is 0 Å². The van der Waals surface area contributed by atoms with Crippen LogP contribution in [0, 0.1) is 0 Å². The maximum Gasteiger partial charge on any atom is 0.339 e. The minimum Gasteiger partial charge on any atom is -0.478 e. The molecule has 1 aromatic heterocycles. The van der Waals surface area contributed by atoms with E-state index >= 15 is 0 Å². The Morgan fingerprint density at radius 1 is 1.47 bits per heavy atom. The smallest absolute Gasteiger partial charge is 0.339 e. The molecule has 0 aromatic carbocycles. The lowest BCUT2D eigenvalue weighted by Gasteiger charge is -2.22. The summed E-state index contributed by atoms with van der Waals surface area (Å²) in [4.78, 5) is 14.8. The minimum absolute atomic E-state index is 0.120. The van der Waals surface area contributed by atoms with Crippen LogP contribution in [0.3, 0.4) is 0 Å². The number of hydrogen-bond donors (Lipinski definition) is 2. The van der Waals surface area contributed by atoms with Crippen LogP contribution in [0.4, 0.5) is 5.82 Å². The van der Waals surface area contributed by atoms with Crippen LogP contribution in [0.5, 0.6) is 0 Å². The van der Waals surface area contributed by atoms with Gasteiger partial charge in [-0.05, 0) is 32.9 Å². The lowest BCUT2D eigenvalue weighted by atomic mass is 10.1. The van der Waals surface area contributed by atoms with Crippen molar-refractivity contribution in [2.75, 3.05) is 5.32 Å². The molecule has 1 heterocycles. The van der Waals surface area contributed by atoms with E-state index in [0.717, 1.165) is 0 Å². The van der Waals surface area contributed by atoms with Gasteiger partial charge in [-0.25, -0.2) is 9.78 Å². The topological polar surface area (TPSA) is 62.2 Å². The summed E-state index contributed by atoms with van der Waals surface area (Å²) in [6.07, 6.45) is 0. The molecule has 0 fully saturated rings. The zero-order chi connectivity index (χ0) is 11.6. The first-order valence-electron chi connectivity index (χ1n) is 4.47. The SMILES string of the molecule is CC(C)(C)Nc1nc(Cl)ccc1C(=O)O. The van der Waals surface area contributed by atoms with Crippen LogP contribution < -0.4 is 5.32 Å². The highest BCUT2D eigenvalue weighted by Crippen LogP contribution is 2.20. The molecule has 15 heavy (non-hydrogen) atoms. The van der Waals surface area contributed by atoms with Crippen LogP contribution in [0.15, 0.2) is 12.1 Å². The zero-order valence-corrected chi connectivity index (χ0v) is 9.59. The normalized spacial score (nSPS) is 11.2. The highest BCUT2D eigenvalue weighted by atomic mass is 35.5. The van der Waals surface area contributed by atoms with Gasteiger partial charge in [-0.2, -0.15) is 0 Å². The average molecular weight is 229 g/mol. The number of pyridine rings is 1. The van der Waals surface area contributed by atoms with Crippen molar-refractivity contribution in [1.29, 1.82) is 0 Å². The number of carbonyl (C=O) groups is 1. The molecular formula is C10H13ClN2O2. The molecule has 0 unspecified atom stereocenters. The summed E-state index contributed by atoms with van der Waals surface area (Å²) < 4.78 is 0. The van der Waals surface area contributed by atoms with E-state index in [1.807, 2.05) is 20.8 Å². The van der Waals surface area contributed by atoms with E-state index in [2.05, 4.69) is 10.3 Å². The molecule has 5 heteroatoms. The van der Waals surface area contributed by atoms with Crippen LogP contribution >= 0.6 is 11.6 Å². The van der Waals surface area contributed by atoms with Crippen molar-refractivity contribution in [2.24, 2.45) is 0 Å². The molecular weight excluding hydrogens is 216 g/mol. The molecule has 1 aromatic rings. The van der Waals surface area contributed by atoms with Crippen LogP contribution in [0.25, 0.3) is 0 Å². The van der Waals surface area contributed by atoms with Gasteiger partial charge in [0.2, 0.25) is 0 Å². The third-order valence-electron chi connectivity index (χ3n) is 1.59. The largest absolute Gasteiger partial charge is 0.478 e. The molecule has 0 aliphatic heterocycles. The molecule has 0 spiro atoms. The number of anilines is 1. The Morgan fingerprint density at radius 2 is 2.07 bits per heavy atom. The lowest BCUT2D eigenvalue weighted by molar-refractivity contribution is 0.0697. The average Bonchev–Trinajstić information content (AvgIpc) is 1.99. The molecule has 0 saturated carbocycles. The fraction of sp³-hybridized carbons (Fsp3) is 0.400. The van der Waals surface area contributed by atoms with Gasteiger partial charge in [0.15, 0.2) is 0 Å². The maximum absolute atomic E-state index is 10.9. The molecule has 0 aliphatic carbocycles. The van der Waals surface area contributed by atoms with Gasteiger partial charge in [0, 0.05) is 5.54 Å². The van der Waals surface area contributed by atoms with E-state index in [9.17, 15) is 4.79 Å². The van der Waals surface area contributed by atoms with Crippen molar-refractivity contribution in [1.82, 2.24) is 4.98 Å². The van der Waals surface area contributed by atoms with Crippen LogP contribution in [0.2, 0.25) is 5.15 Å². The summed E-state index contributed by atoms with van der Waals surface area (Å²) >= 11 is 5.71. The van der Waals surface area contributed by atoms with Crippen molar-refractivity contribution >= 4 is 23.4 Å². The maximum atomic E-state index is 10.9. The number of hydrogen-bond acceptors (Lipinski definition) is 3. The van der Waals surface area contributed by atoms with Crippen molar-refractivity contribution in [3.63, 3.8) is 0 Å². The highest BCUT2D eigenvalue weighted by molar-refractivity contribution is 6.29. The van der Waals surface area contributed by atoms with Crippen molar-refractivity contribution in [3.05, 3.63) is 22.8 Å². The van der Waals surface area contributed by atoms with Gasteiger partial charge < -0.3 is 10.4 Å². The Hall–Kier alpha value is -1.29. The first-order chi connectivity index (χ1) is 6.79. The Bertz CT molecular complexity index is 385. The summed E-state index contributed by atoms with van der Waals surface area (Å²) in [5.41, 5.74) is -0.142. The minimum atomic E-state index is -1.02. The monoisotopic (exact) mass is 228 g/mol. The highest BCUT2D eigenvalue weighted by Gasteiger charge is 2.17. The van der Waals surface area contributed by atoms with Gasteiger partial charge in [-0.1, -0.05) is 11.6 Å². The summed E-state index contributed by atoms with van der Waals surface area (Å²) in [5, 5.41) is 12.2. The quantitative estimate of drug-likeness (QED) is 0.764. The van der Waals surface area contributed by atoms with E-state index in [0.29, 0.717) is 5.82 Å². The Kier molecular flexibility index (Phi) is 3.19. The molecule has 0 aliphatic rings. The van der Waals surface area contributed by atoms with Gasteiger partial charge >= 0.3 is 5.97 Å². The number of halogens is 1.